The minimum atomic E-state index is -4.45. The van der Waals surface area contributed by atoms with Crippen LogP contribution in [0.2, 0.25) is 0 Å². The molecule has 0 saturated carbocycles. The topological polar surface area (TPSA) is 52.6 Å². The lowest BCUT2D eigenvalue weighted by Gasteiger charge is -2.38. The Morgan fingerprint density at radius 1 is 1.17 bits per heavy atom. The second kappa shape index (κ2) is 8.78. The van der Waals surface area contributed by atoms with Gasteiger partial charge in [0, 0.05) is 13.1 Å². The summed E-state index contributed by atoms with van der Waals surface area (Å²) in [5.41, 5.74) is 0.365. The van der Waals surface area contributed by atoms with Gasteiger partial charge in [-0.2, -0.15) is 13.2 Å². The van der Waals surface area contributed by atoms with Crippen molar-refractivity contribution in [1.29, 1.82) is 0 Å². The average molecular weight is 420 g/mol. The molecule has 1 amide bonds. The van der Waals surface area contributed by atoms with E-state index in [1.165, 1.54) is 12.1 Å². The van der Waals surface area contributed by atoms with Crippen LogP contribution in [0.15, 0.2) is 48.5 Å². The third-order valence-electron chi connectivity index (χ3n) is 5.73. The minimum Gasteiger partial charge on any atom is -0.385 e. The first kappa shape index (κ1) is 22.3. The van der Waals surface area contributed by atoms with Crippen molar-refractivity contribution in [3.63, 3.8) is 0 Å². The summed E-state index contributed by atoms with van der Waals surface area (Å²) in [4.78, 5) is 14.3. The zero-order valence-corrected chi connectivity index (χ0v) is 17.2. The zero-order valence-electron chi connectivity index (χ0n) is 17.2. The number of halogens is 3. The van der Waals surface area contributed by atoms with Crippen molar-refractivity contribution in [2.24, 2.45) is 0 Å². The molecule has 30 heavy (non-hydrogen) atoms. The first-order chi connectivity index (χ1) is 14.1. The van der Waals surface area contributed by atoms with E-state index in [0.717, 1.165) is 23.3 Å². The molecule has 0 radical (unpaired) electrons. The summed E-state index contributed by atoms with van der Waals surface area (Å²) in [6, 6.07) is 12.7. The number of hydrogen-bond donors (Lipinski definition) is 2. The molecule has 0 aromatic heterocycles. The molecule has 4 nitrogen and oxygen atoms in total. The highest BCUT2D eigenvalue weighted by Gasteiger charge is 2.37. The largest absolute Gasteiger partial charge is 0.416 e. The number of carbonyl (C=O) groups is 1. The number of aliphatic hydroxyl groups is 1. The Kier molecular flexibility index (Phi) is 6.53. The number of carbonyl (C=O) groups excluding carboxylic acids is 1. The molecule has 3 rings (SSSR count). The molecular formula is C23H27F3N2O2. The standard InChI is InChI=1S/C23H27F3N2O2/c1-16-6-8-18(9-7-16)17(2)27-21(29)15-28-12-10-22(30,11-13-28)19-4-3-5-20(14-19)23(24,25)26/h3-9,14,17,30H,10-13,15H2,1-2H3,(H,27,29). The van der Waals surface area contributed by atoms with Gasteiger partial charge < -0.3 is 10.4 Å². The fraction of sp³-hybridized carbons (Fsp3) is 0.435. The van der Waals surface area contributed by atoms with Crippen LogP contribution in [0.1, 0.15) is 48.1 Å². The number of alkyl halides is 3. The van der Waals surface area contributed by atoms with E-state index in [1.807, 2.05) is 43.0 Å². The Morgan fingerprint density at radius 2 is 1.80 bits per heavy atom. The van der Waals surface area contributed by atoms with Gasteiger partial charge in [0.1, 0.15) is 0 Å². The van der Waals surface area contributed by atoms with E-state index >= 15 is 0 Å². The van der Waals surface area contributed by atoms with E-state index in [-0.39, 0.29) is 36.9 Å². The lowest BCUT2D eigenvalue weighted by atomic mass is 9.83. The van der Waals surface area contributed by atoms with Crippen molar-refractivity contribution in [1.82, 2.24) is 10.2 Å². The fourth-order valence-corrected chi connectivity index (χ4v) is 3.78. The number of amides is 1. The van der Waals surface area contributed by atoms with Gasteiger partial charge in [0.25, 0.3) is 0 Å². The Hall–Kier alpha value is -2.38. The molecule has 1 fully saturated rings. The van der Waals surface area contributed by atoms with Gasteiger partial charge in [0.15, 0.2) is 0 Å². The molecular weight excluding hydrogens is 393 g/mol. The predicted molar refractivity (Wildman–Crippen MR) is 109 cm³/mol. The molecule has 1 aliphatic heterocycles. The van der Waals surface area contributed by atoms with Crippen LogP contribution >= 0.6 is 0 Å². The maximum absolute atomic E-state index is 13.0. The van der Waals surface area contributed by atoms with Gasteiger partial charge in [0.05, 0.1) is 23.8 Å². The van der Waals surface area contributed by atoms with E-state index in [2.05, 4.69) is 5.32 Å². The number of benzene rings is 2. The first-order valence-electron chi connectivity index (χ1n) is 10.1. The predicted octanol–water partition coefficient (Wildman–Crippen LogP) is 4.17. The lowest BCUT2D eigenvalue weighted by Crippen LogP contribution is -2.46. The Balaban J connectivity index is 1.55. The smallest absolute Gasteiger partial charge is 0.385 e. The molecule has 2 aromatic rings. The highest BCUT2D eigenvalue weighted by Crippen LogP contribution is 2.36. The van der Waals surface area contributed by atoms with E-state index in [4.69, 9.17) is 0 Å². The number of rotatable bonds is 5. The van der Waals surface area contributed by atoms with Crippen LogP contribution < -0.4 is 5.32 Å². The van der Waals surface area contributed by atoms with Crippen LogP contribution in [0.3, 0.4) is 0 Å². The molecule has 1 unspecified atom stereocenters. The van der Waals surface area contributed by atoms with Gasteiger partial charge in [-0.3, -0.25) is 9.69 Å². The molecule has 0 aliphatic carbocycles. The van der Waals surface area contributed by atoms with Gasteiger partial charge in [-0.15, -0.1) is 0 Å². The molecule has 1 heterocycles. The number of piperidine rings is 1. The molecule has 1 saturated heterocycles. The third-order valence-corrected chi connectivity index (χ3v) is 5.73. The second-order valence-electron chi connectivity index (χ2n) is 8.09. The van der Waals surface area contributed by atoms with Crippen LogP contribution in [-0.2, 0) is 16.6 Å². The number of nitrogens with zero attached hydrogens (tertiary/aromatic N) is 1. The van der Waals surface area contributed by atoms with Crippen molar-refractivity contribution in [2.45, 2.75) is 44.5 Å². The first-order valence-corrected chi connectivity index (χ1v) is 10.1. The number of likely N-dealkylation sites (tertiary alicyclic amines) is 1. The Morgan fingerprint density at radius 3 is 2.40 bits per heavy atom. The van der Waals surface area contributed by atoms with E-state index in [0.29, 0.717) is 13.1 Å². The summed E-state index contributed by atoms with van der Waals surface area (Å²) in [5.74, 6) is -0.118. The van der Waals surface area contributed by atoms with Gasteiger partial charge in [0.2, 0.25) is 5.91 Å². The number of hydrogen-bond acceptors (Lipinski definition) is 3. The van der Waals surface area contributed by atoms with E-state index < -0.39 is 17.3 Å². The van der Waals surface area contributed by atoms with Crippen molar-refractivity contribution in [3.8, 4) is 0 Å². The SMILES string of the molecule is Cc1ccc(C(C)NC(=O)CN2CCC(O)(c3cccc(C(F)(F)F)c3)CC2)cc1. The average Bonchev–Trinajstić information content (AvgIpc) is 2.70. The quantitative estimate of drug-likeness (QED) is 0.763. The fourth-order valence-electron chi connectivity index (χ4n) is 3.78. The lowest BCUT2D eigenvalue weighted by molar-refractivity contribution is -0.138. The van der Waals surface area contributed by atoms with Crippen LogP contribution in [0.5, 0.6) is 0 Å². The summed E-state index contributed by atoms with van der Waals surface area (Å²) >= 11 is 0. The van der Waals surface area contributed by atoms with Crippen LogP contribution in [0, 0.1) is 6.92 Å². The highest BCUT2D eigenvalue weighted by molar-refractivity contribution is 5.78. The van der Waals surface area contributed by atoms with Crippen molar-refractivity contribution >= 4 is 5.91 Å². The van der Waals surface area contributed by atoms with Crippen LogP contribution in [-0.4, -0.2) is 35.5 Å². The zero-order chi connectivity index (χ0) is 21.9. The van der Waals surface area contributed by atoms with Crippen molar-refractivity contribution in [3.05, 3.63) is 70.8 Å². The third kappa shape index (κ3) is 5.40. The Labute approximate surface area is 174 Å². The molecule has 0 bridgehead atoms. The summed E-state index contributed by atoms with van der Waals surface area (Å²) in [6.45, 7) is 4.97. The summed E-state index contributed by atoms with van der Waals surface area (Å²) in [5, 5.41) is 13.9. The molecule has 7 heteroatoms. The monoisotopic (exact) mass is 420 g/mol. The summed E-state index contributed by atoms with van der Waals surface area (Å²) in [7, 11) is 0. The molecule has 1 atom stereocenters. The van der Waals surface area contributed by atoms with Crippen LogP contribution in [0.25, 0.3) is 0 Å². The van der Waals surface area contributed by atoms with Crippen molar-refractivity contribution in [2.75, 3.05) is 19.6 Å². The van der Waals surface area contributed by atoms with Gasteiger partial charge in [-0.25, -0.2) is 0 Å². The van der Waals surface area contributed by atoms with Gasteiger partial charge >= 0.3 is 6.18 Å². The normalized spacial score (nSPS) is 18.1. The number of nitrogens with one attached hydrogen (secondary N) is 1. The van der Waals surface area contributed by atoms with Crippen LogP contribution in [0.4, 0.5) is 13.2 Å². The maximum Gasteiger partial charge on any atom is 0.416 e. The molecule has 2 aromatic carbocycles. The number of aryl methyl sites for hydroxylation is 1. The maximum atomic E-state index is 13.0. The highest BCUT2D eigenvalue weighted by atomic mass is 19.4. The van der Waals surface area contributed by atoms with Gasteiger partial charge in [-0.1, -0.05) is 42.0 Å². The molecule has 0 spiro atoms. The summed E-state index contributed by atoms with van der Waals surface area (Å²) < 4.78 is 38.9. The summed E-state index contributed by atoms with van der Waals surface area (Å²) in [6.07, 6.45) is -3.90. The second-order valence-corrected chi connectivity index (χ2v) is 8.09. The molecule has 162 valence electrons. The van der Waals surface area contributed by atoms with Gasteiger partial charge in [-0.05, 0) is 49.9 Å². The molecule has 1 aliphatic rings. The molecule has 2 N–H and O–H groups in total. The minimum absolute atomic E-state index is 0.118. The Bertz CT molecular complexity index is 873. The van der Waals surface area contributed by atoms with E-state index in [9.17, 15) is 23.1 Å². The van der Waals surface area contributed by atoms with Crippen molar-refractivity contribution < 1.29 is 23.1 Å². The van der Waals surface area contributed by atoms with E-state index in [1.54, 1.807) is 0 Å².